The number of nitrogens with two attached hydrogens (primary N) is 1. The first-order valence-corrected chi connectivity index (χ1v) is 11.7. The molecule has 1 aliphatic rings. The van der Waals surface area contributed by atoms with Crippen LogP contribution in [0, 0.1) is 0 Å². The highest BCUT2D eigenvalue weighted by Gasteiger charge is 2.28. The molecule has 0 bridgehead atoms. The second-order valence-electron chi connectivity index (χ2n) is 8.97. The van der Waals surface area contributed by atoms with E-state index >= 15 is 0 Å². The molecular formula is C27H24N6O2. The summed E-state index contributed by atoms with van der Waals surface area (Å²) in [6.45, 7) is 1.86. The Morgan fingerprint density at radius 3 is 2.69 bits per heavy atom. The minimum Gasteiger partial charge on any atom is -0.381 e. The number of rotatable bonds is 5. The van der Waals surface area contributed by atoms with Crippen LogP contribution in [0.1, 0.15) is 53.3 Å². The third-order valence-corrected chi connectivity index (χ3v) is 6.58. The monoisotopic (exact) mass is 464 g/mol. The number of fused-ring (bicyclic) bond motifs is 2. The molecule has 1 aliphatic carbocycles. The van der Waals surface area contributed by atoms with Crippen molar-refractivity contribution in [1.29, 1.82) is 0 Å². The van der Waals surface area contributed by atoms with Crippen LogP contribution in [0.3, 0.4) is 0 Å². The molecule has 0 aliphatic heterocycles. The fraction of sp³-hybridized carbons (Fsp3) is 0.185. The van der Waals surface area contributed by atoms with Crippen LogP contribution in [-0.2, 0) is 0 Å². The maximum Gasteiger partial charge on any atom is 0.263 e. The number of anilines is 1. The zero-order valence-electron chi connectivity index (χ0n) is 19.2. The smallest absolute Gasteiger partial charge is 0.263 e. The number of nitrogen functional groups attached to an aromatic ring is 1. The number of amides is 1. The van der Waals surface area contributed by atoms with E-state index in [0.717, 1.165) is 34.9 Å². The van der Waals surface area contributed by atoms with Crippen molar-refractivity contribution in [3.63, 3.8) is 0 Å². The molecule has 0 saturated heterocycles. The summed E-state index contributed by atoms with van der Waals surface area (Å²) in [5.74, 6) is 0.133. The van der Waals surface area contributed by atoms with Crippen molar-refractivity contribution in [2.24, 2.45) is 0 Å². The predicted molar refractivity (Wildman–Crippen MR) is 135 cm³/mol. The molecule has 8 nitrogen and oxygen atoms in total. The van der Waals surface area contributed by atoms with Crippen LogP contribution in [0.4, 0.5) is 5.82 Å². The Labute approximate surface area is 201 Å². The van der Waals surface area contributed by atoms with Crippen LogP contribution in [0.15, 0.2) is 77.9 Å². The molecule has 174 valence electrons. The van der Waals surface area contributed by atoms with Crippen molar-refractivity contribution in [1.82, 2.24) is 24.5 Å². The lowest BCUT2D eigenvalue weighted by atomic mass is 10.00. The Kier molecular flexibility index (Phi) is 4.88. The lowest BCUT2D eigenvalue weighted by Crippen LogP contribution is -2.32. The van der Waals surface area contributed by atoms with Crippen molar-refractivity contribution < 1.29 is 4.79 Å². The van der Waals surface area contributed by atoms with Gasteiger partial charge in [0.05, 0.1) is 11.4 Å². The summed E-state index contributed by atoms with van der Waals surface area (Å²) < 4.78 is 3.18. The molecule has 6 rings (SSSR count). The summed E-state index contributed by atoms with van der Waals surface area (Å²) in [5.41, 5.74) is 9.09. The van der Waals surface area contributed by atoms with Gasteiger partial charge in [0.25, 0.3) is 11.5 Å². The number of pyridine rings is 1. The zero-order chi connectivity index (χ0) is 24.1. The van der Waals surface area contributed by atoms with Gasteiger partial charge in [-0.15, -0.1) is 5.10 Å². The Balaban J connectivity index is 1.48. The second kappa shape index (κ2) is 8.09. The van der Waals surface area contributed by atoms with Crippen molar-refractivity contribution >= 4 is 28.1 Å². The molecule has 3 heterocycles. The standard InChI is InChI=1S/C27H24N6O2/c1-16(30-26(34)23-24(28)31-32-14-6-13-29-25(23)32)21-15-18-7-5-10-20(17-11-12-17)22(18)27(35)33(21)19-8-3-2-4-9-19/h2-10,13-17H,11-12H2,1H3,(H2,28,31)(H,30,34)/t16-/m0/s1. The predicted octanol–water partition coefficient (Wildman–Crippen LogP) is 3.98. The van der Waals surface area contributed by atoms with Crippen LogP contribution in [-0.4, -0.2) is 25.1 Å². The molecular weight excluding hydrogens is 440 g/mol. The van der Waals surface area contributed by atoms with E-state index in [9.17, 15) is 9.59 Å². The highest BCUT2D eigenvalue weighted by Crippen LogP contribution is 2.42. The lowest BCUT2D eigenvalue weighted by molar-refractivity contribution is 0.0941. The minimum absolute atomic E-state index is 0.0792. The highest BCUT2D eigenvalue weighted by atomic mass is 16.2. The first-order valence-electron chi connectivity index (χ1n) is 11.7. The van der Waals surface area contributed by atoms with Crippen molar-refractivity contribution in [2.75, 3.05) is 5.73 Å². The van der Waals surface area contributed by atoms with Crippen LogP contribution in [0.25, 0.3) is 22.1 Å². The Bertz CT molecular complexity index is 1650. The fourth-order valence-corrected chi connectivity index (χ4v) is 4.77. The van der Waals surface area contributed by atoms with E-state index in [1.54, 1.807) is 23.0 Å². The van der Waals surface area contributed by atoms with Crippen LogP contribution in [0.5, 0.6) is 0 Å². The van der Waals surface area contributed by atoms with Crippen LogP contribution < -0.4 is 16.6 Å². The third-order valence-electron chi connectivity index (χ3n) is 6.58. The van der Waals surface area contributed by atoms with Crippen molar-refractivity contribution in [3.8, 4) is 5.69 Å². The molecule has 5 aromatic rings. The van der Waals surface area contributed by atoms with Gasteiger partial charge in [-0.05, 0) is 60.9 Å². The average molecular weight is 465 g/mol. The minimum atomic E-state index is -0.498. The van der Waals surface area contributed by atoms with Gasteiger partial charge in [-0.25, -0.2) is 9.50 Å². The van der Waals surface area contributed by atoms with Gasteiger partial charge >= 0.3 is 0 Å². The number of hydrogen-bond acceptors (Lipinski definition) is 5. The fourth-order valence-electron chi connectivity index (χ4n) is 4.77. The molecule has 1 amide bonds. The summed E-state index contributed by atoms with van der Waals surface area (Å²) in [4.78, 5) is 31.5. The van der Waals surface area contributed by atoms with E-state index in [1.165, 1.54) is 4.52 Å². The molecule has 3 aromatic heterocycles. The van der Waals surface area contributed by atoms with Gasteiger partial charge in [-0.2, -0.15) is 0 Å². The number of nitrogens with one attached hydrogen (secondary N) is 1. The highest BCUT2D eigenvalue weighted by molar-refractivity contribution is 6.04. The average Bonchev–Trinajstić information content (AvgIpc) is 3.65. The molecule has 0 spiro atoms. The Morgan fingerprint density at radius 2 is 1.91 bits per heavy atom. The zero-order valence-corrected chi connectivity index (χ0v) is 19.2. The summed E-state index contributed by atoms with van der Waals surface area (Å²) >= 11 is 0. The lowest BCUT2D eigenvalue weighted by Gasteiger charge is -2.21. The summed E-state index contributed by atoms with van der Waals surface area (Å²) in [5, 5.41) is 8.82. The number of aromatic nitrogens is 4. The van der Waals surface area contributed by atoms with Gasteiger partial charge in [-0.1, -0.05) is 36.4 Å². The van der Waals surface area contributed by atoms with Crippen LogP contribution >= 0.6 is 0 Å². The normalized spacial score (nSPS) is 14.3. The third kappa shape index (κ3) is 3.54. The summed E-state index contributed by atoms with van der Waals surface area (Å²) in [7, 11) is 0. The molecule has 1 atom stereocenters. The Morgan fingerprint density at radius 1 is 1.11 bits per heavy atom. The molecule has 1 saturated carbocycles. The van der Waals surface area contributed by atoms with Crippen LogP contribution in [0.2, 0.25) is 0 Å². The quantitative estimate of drug-likeness (QED) is 0.409. The number of para-hydroxylation sites is 1. The van der Waals surface area contributed by atoms with E-state index in [0.29, 0.717) is 17.3 Å². The van der Waals surface area contributed by atoms with E-state index in [1.807, 2.05) is 55.5 Å². The SMILES string of the molecule is C[C@H](NC(=O)c1c(N)nn2cccnc12)c1cc2cccc(C3CC3)c2c(=O)n1-c1ccccc1. The second-order valence-corrected chi connectivity index (χ2v) is 8.97. The topological polar surface area (TPSA) is 107 Å². The van der Waals surface area contributed by atoms with Gasteiger partial charge in [0.1, 0.15) is 5.56 Å². The summed E-state index contributed by atoms with van der Waals surface area (Å²) in [6.07, 6.45) is 5.48. The van der Waals surface area contributed by atoms with E-state index in [4.69, 9.17) is 5.73 Å². The van der Waals surface area contributed by atoms with E-state index < -0.39 is 11.9 Å². The molecule has 2 aromatic carbocycles. The van der Waals surface area contributed by atoms with E-state index in [-0.39, 0.29) is 16.9 Å². The molecule has 3 N–H and O–H groups in total. The largest absolute Gasteiger partial charge is 0.381 e. The van der Waals surface area contributed by atoms with Gasteiger partial charge in [0.15, 0.2) is 11.5 Å². The molecule has 1 fully saturated rings. The summed E-state index contributed by atoms with van der Waals surface area (Å²) in [6, 6.07) is 18.8. The molecule has 0 unspecified atom stereocenters. The van der Waals surface area contributed by atoms with E-state index in [2.05, 4.69) is 21.5 Å². The number of nitrogens with zero attached hydrogens (tertiary/aromatic N) is 4. The van der Waals surface area contributed by atoms with Crippen molar-refractivity contribution in [2.45, 2.75) is 31.7 Å². The van der Waals surface area contributed by atoms with Crippen molar-refractivity contribution in [3.05, 3.63) is 100 Å². The van der Waals surface area contributed by atoms with Gasteiger partial charge in [0.2, 0.25) is 0 Å². The molecule has 8 heteroatoms. The first-order chi connectivity index (χ1) is 17.0. The van der Waals surface area contributed by atoms with Gasteiger partial charge < -0.3 is 11.1 Å². The van der Waals surface area contributed by atoms with Gasteiger partial charge in [0, 0.05) is 23.8 Å². The first kappa shape index (κ1) is 21.1. The number of benzene rings is 2. The molecule has 35 heavy (non-hydrogen) atoms. The number of hydrogen-bond donors (Lipinski definition) is 2. The maximum absolute atomic E-state index is 14.0. The van der Waals surface area contributed by atoms with Gasteiger partial charge in [-0.3, -0.25) is 14.2 Å². The number of carbonyl (C=O) groups is 1. The maximum atomic E-state index is 14.0. The molecule has 0 radical (unpaired) electrons. The Hall–Kier alpha value is -4.46. The number of carbonyl (C=O) groups excluding carboxylic acids is 1.